The van der Waals surface area contributed by atoms with Crippen LogP contribution >= 0.6 is 0 Å². The Kier molecular flexibility index (Phi) is 11.0. The fraction of sp³-hybridized carbons (Fsp3) is 0.419. The van der Waals surface area contributed by atoms with Gasteiger partial charge < -0.3 is 30.5 Å². The SMILES string of the molecule is COc1ccc(CNC2(c3ccccc3F)CCCC2)cc1Cn1nc(C)cc1C.O=C(O)CC(O)(CC(=O)O)C(=O)O. The van der Waals surface area contributed by atoms with Crippen molar-refractivity contribution in [2.75, 3.05) is 7.11 Å². The predicted octanol–water partition coefficient (Wildman–Crippen LogP) is 4.01. The second-order valence-corrected chi connectivity index (χ2v) is 10.8. The van der Waals surface area contributed by atoms with E-state index in [1.54, 1.807) is 19.2 Å². The predicted molar refractivity (Wildman–Crippen MR) is 154 cm³/mol. The van der Waals surface area contributed by atoms with Gasteiger partial charge >= 0.3 is 17.9 Å². The number of nitrogens with zero attached hydrogens (tertiary/aromatic N) is 2. The van der Waals surface area contributed by atoms with Crippen molar-refractivity contribution < 1.29 is 43.9 Å². The van der Waals surface area contributed by atoms with Crippen LogP contribution in [0.2, 0.25) is 0 Å². The number of aromatic nitrogens is 2. The molecule has 1 aliphatic carbocycles. The van der Waals surface area contributed by atoms with Crippen molar-refractivity contribution in [3.8, 4) is 5.75 Å². The third-order valence-corrected chi connectivity index (χ3v) is 7.53. The number of hydrogen-bond donors (Lipinski definition) is 5. The number of aryl methyl sites for hydroxylation is 2. The van der Waals surface area contributed by atoms with Gasteiger partial charge in [0, 0.05) is 28.9 Å². The van der Waals surface area contributed by atoms with E-state index in [0.29, 0.717) is 13.1 Å². The standard InChI is InChI=1S/C25H30FN3O.C6H8O7/c1-18-14-19(2)29(28-18)17-21-15-20(10-11-24(21)30-3)16-27-25(12-6-7-13-25)22-8-4-5-9-23(22)26;7-3(8)1-6(13,5(11)12)2-4(9)10/h4-5,8-11,14-15,27H,6-7,12-13,16-17H2,1-3H3;13H,1-2H2,(H,7,8)(H,9,10)(H,11,12). The van der Waals surface area contributed by atoms with Crippen molar-refractivity contribution >= 4 is 17.9 Å². The van der Waals surface area contributed by atoms with Crippen LogP contribution in [0.25, 0.3) is 0 Å². The van der Waals surface area contributed by atoms with Crippen molar-refractivity contribution in [1.29, 1.82) is 0 Å². The van der Waals surface area contributed by atoms with Gasteiger partial charge in [0.1, 0.15) is 11.6 Å². The normalized spacial score (nSPS) is 14.1. The summed E-state index contributed by atoms with van der Waals surface area (Å²) < 4.78 is 22.2. The Balaban J connectivity index is 0.000000331. The first-order valence-corrected chi connectivity index (χ1v) is 13.8. The van der Waals surface area contributed by atoms with Gasteiger partial charge in [-0.25, -0.2) is 9.18 Å². The molecule has 0 unspecified atom stereocenters. The maximum Gasteiger partial charge on any atom is 0.336 e. The van der Waals surface area contributed by atoms with Crippen LogP contribution in [0.5, 0.6) is 5.75 Å². The number of benzene rings is 2. The molecule has 0 aliphatic heterocycles. The second-order valence-electron chi connectivity index (χ2n) is 10.8. The molecule has 1 aromatic heterocycles. The molecule has 0 radical (unpaired) electrons. The third-order valence-electron chi connectivity index (χ3n) is 7.53. The molecule has 0 atom stereocenters. The first-order chi connectivity index (χ1) is 20.3. The van der Waals surface area contributed by atoms with E-state index >= 15 is 0 Å². The molecule has 3 aromatic rings. The highest BCUT2D eigenvalue weighted by Crippen LogP contribution is 2.40. The van der Waals surface area contributed by atoms with Gasteiger partial charge in [0.05, 0.1) is 32.2 Å². The molecule has 12 heteroatoms. The van der Waals surface area contributed by atoms with Crippen LogP contribution in [0.3, 0.4) is 0 Å². The Morgan fingerprint density at radius 3 is 2.16 bits per heavy atom. The van der Waals surface area contributed by atoms with Crippen LogP contribution in [-0.4, -0.2) is 60.8 Å². The van der Waals surface area contributed by atoms with Gasteiger partial charge in [0.15, 0.2) is 5.60 Å². The largest absolute Gasteiger partial charge is 0.496 e. The smallest absolute Gasteiger partial charge is 0.336 e. The number of nitrogens with one attached hydrogen (secondary N) is 1. The lowest BCUT2D eigenvalue weighted by atomic mass is 9.87. The minimum Gasteiger partial charge on any atom is -0.496 e. The van der Waals surface area contributed by atoms with Crippen molar-refractivity contribution in [3.05, 3.63) is 82.4 Å². The van der Waals surface area contributed by atoms with E-state index in [1.165, 1.54) is 0 Å². The summed E-state index contributed by atoms with van der Waals surface area (Å²) in [7, 11) is 1.70. The van der Waals surface area contributed by atoms with Gasteiger partial charge in [-0.15, -0.1) is 0 Å². The molecule has 0 bridgehead atoms. The molecular formula is C31H38FN3O8. The first kappa shape index (κ1) is 33.2. The van der Waals surface area contributed by atoms with E-state index in [9.17, 15) is 18.8 Å². The Morgan fingerprint density at radius 1 is 1.02 bits per heavy atom. The van der Waals surface area contributed by atoms with Crippen LogP contribution in [-0.2, 0) is 33.0 Å². The Hall–Kier alpha value is -4.29. The number of carboxylic acid groups (broad SMARTS) is 3. The van der Waals surface area contributed by atoms with E-state index in [2.05, 4.69) is 35.5 Å². The number of aliphatic hydroxyl groups is 1. The zero-order valence-electron chi connectivity index (χ0n) is 24.5. The molecule has 0 amide bonds. The summed E-state index contributed by atoms with van der Waals surface area (Å²) in [5, 5.41) is 42.1. The van der Waals surface area contributed by atoms with Crippen LogP contribution in [0.1, 0.15) is 66.6 Å². The molecule has 43 heavy (non-hydrogen) atoms. The number of ether oxygens (including phenoxy) is 1. The number of aliphatic carboxylic acids is 3. The maximum atomic E-state index is 14.6. The van der Waals surface area contributed by atoms with Crippen molar-refractivity contribution in [2.45, 2.75) is 76.6 Å². The van der Waals surface area contributed by atoms with Crippen LogP contribution in [0.4, 0.5) is 4.39 Å². The lowest BCUT2D eigenvalue weighted by Crippen LogP contribution is -2.42. The molecule has 5 N–H and O–H groups in total. The minimum absolute atomic E-state index is 0.119. The Morgan fingerprint density at radius 2 is 1.65 bits per heavy atom. The fourth-order valence-electron chi connectivity index (χ4n) is 5.42. The number of carbonyl (C=O) groups is 3. The van der Waals surface area contributed by atoms with Gasteiger partial charge in [0.2, 0.25) is 0 Å². The quantitative estimate of drug-likeness (QED) is 0.205. The van der Waals surface area contributed by atoms with Gasteiger partial charge in [-0.2, -0.15) is 5.10 Å². The van der Waals surface area contributed by atoms with Crippen molar-refractivity contribution in [1.82, 2.24) is 15.1 Å². The molecule has 1 saturated carbocycles. The molecular weight excluding hydrogens is 561 g/mol. The monoisotopic (exact) mass is 599 g/mol. The summed E-state index contributed by atoms with van der Waals surface area (Å²) in [6.07, 6.45) is 1.87. The summed E-state index contributed by atoms with van der Waals surface area (Å²) in [6.45, 7) is 5.42. The Labute approximate surface area is 248 Å². The summed E-state index contributed by atoms with van der Waals surface area (Å²) in [5.74, 6) is -4.28. The average molecular weight is 600 g/mol. The molecule has 1 aliphatic rings. The summed E-state index contributed by atoms with van der Waals surface area (Å²) in [4.78, 5) is 30.5. The van der Waals surface area contributed by atoms with Gasteiger partial charge in [-0.3, -0.25) is 14.3 Å². The molecule has 232 valence electrons. The Bertz CT molecular complexity index is 1430. The highest BCUT2D eigenvalue weighted by atomic mass is 19.1. The van der Waals surface area contributed by atoms with Crippen LogP contribution in [0, 0.1) is 19.7 Å². The lowest BCUT2D eigenvalue weighted by Gasteiger charge is -2.32. The number of rotatable bonds is 12. The topological polar surface area (TPSA) is 171 Å². The van der Waals surface area contributed by atoms with Gasteiger partial charge in [-0.05, 0) is 56.5 Å². The molecule has 0 spiro atoms. The van der Waals surface area contributed by atoms with E-state index in [-0.39, 0.29) is 11.4 Å². The molecule has 2 aromatic carbocycles. The molecule has 4 rings (SSSR count). The van der Waals surface area contributed by atoms with Crippen molar-refractivity contribution in [2.24, 2.45) is 0 Å². The molecule has 11 nitrogen and oxygen atoms in total. The minimum atomic E-state index is -2.74. The molecule has 1 fully saturated rings. The van der Waals surface area contributed by atoms with E-state index in [1.807, 2.05) is 29.8 Å². The van der Waals surface area contributed by atoms with Crippen LogP contribution < -0.4 is 10.1 Å². The third kappa shape index (κ3) is 8.62. The number of methoxy groups -OCH3 is 1. The maximum absolute atomic E-state index is 14.6. The summed E-state index contributed by atoms with van der Waals surface area (Å²) >= 11 is 0. The summed E-state index contributed by atoms with van der Waals surface area (Å²) in [6, 6.07) is 15.5. The van der Waals surface area contributed by atoms with Crippen LogP contribution in [0.15, 0.2) is 48.5 Å². The molecule has 1 heterocycles. The fourth-order valence-corrected chi connectivity index (χ4v) is 5.42. The van der Waals surface area contributed by atoms with E-state index in [4.69, 9.17) is 25.2 Å². The summed E-state index contributed by atoms with van der Waals surface area (Å²) in [5.41, 5.74) is 2.15. The highest BCUT2D eigenvalue weighted by Gasteiger charge is 2.41. The van der Waals surface area contributed by atoms with E-state index in [0.717, 1.165) is 59.5 Å². The highest BCUT2D eigenvalue weighted by molar-refractivity contribution is 5.88. The average Bonchev–Trinajstić information content (AvgIpc) is 3.53. The number of hydrogen-bond acceptors (Lipinski definition) is 7. The number of carboxylic acids is 3. The van der Waals surface area contributed by atoms with E-state index < -0.39 is 36.4 Å². The zero-order chi connectivity index (χ0) is 31.8. The number of halogens is 1. The van der Waals surface area contributed by atoms with Crippen molar-refractivity contribution in [3.63, 3.8) is 0 Å². The lowest BCUT2D eigenvalue weighted by molar-refractivity contribution is -0.170. The first-order valence-electron chi connectivity index (χ1n) is 13.8. The van der Waals surface area contributed by atoms with Gasteiger partial charge in [0.25, 0.3) is 0 Å². The second kappa shape index (κ2) is 14.3. The zero-order valence-corrected chi connectivity index (χ0v) is 24.5. The molecule has 0 saturated heterocycles. The van der Waals surface area contributed by atoms with Gasteiger partial charge in [-0.1, -0.05) is 37.1 Å².